The van der Waals surface area contributed by atoms with Gasteiger partial charge in [0.2, 0.25) is 6.08 Å². The van der Waals surface area contributed by atoms with Crippen molar-refractivity contribution in [1.29, 1.82) is 0 Å². The molecule has 0 bridgehead atoms. The van der Waals surface area contributed by atoms with E-state index in [1.54, 1.807) is 24.5 Å². The Kier molecular flexibility index (Phi) is 4.83. The van der Waals surface area contributed by atoms with E-state index in [0.29, 0.717) is 28.5 Å². The molecule has 144 valence electrons. The Labute approximate surface area is 165 Å². The van der Waals surface area contributed by atoms with Crippen molar-refractivity contribution in [2.24, 2.45) is 4.99 Å². The Morgan fingerprint density at radius 2 is 2.29 bits per heavy atom. The number of halogens is 2. The number of aromatic nitrogens is 4. The molecular formula is C19H18ClFN6O. The fraction of sp³-hybridized carbons (Fsp3) is 0.368. The molecule has 3 aromatic rings. The van der Waals surface area contributed by atoms with E-state index in [0.717, 1.165) is 30.8 Å². The number of H-pyrrole nitrogens is 1. The molecule has 1 fully saturated rings. The third-order valence-corrected chi connectivity index (χ3v) is 5.30. The quantitative estimate of drug-likeness (QED) is 0.503. The minimum atomic E-state index is -0.536. The summed E-state index contributed by atoms with van der Waals surface area (Å²) in [7, 11) is 0. The summed E-state index contributed by atoms with van der Waals surface area (Å²) >= 11 is 6.05. The molecule has 0 aromatic carbocycles. The van der Waals surface area contributed by atoms with Gasteiger partial charge in [-0.1, -0.05) is 11.6 Å². The first-order chi connectivity index (χ1) is 13.5. The largest absolute Gasteiger partial charge is 0.365 e. The summed E-state index contributed by atoms with van der Waals surface area (Å²) in [6.07, 6.45) is 9.20. The van der Waals surface area contributed by atoms with E-state index in [2.05, 4.69) is 30.2 Å². The lowest BCUT2D eigenvalue weighted by atomic mass is 9.81. The Balaban J connectivity index is 1.64. The number of fused-ring (bicyclic) bond motifs is 1. The first-order valence-corrected chi connectivity index (χ1v) is 9.36. The van der Waals surface area contributed by atoms with Gasteiger partial charge in [-0.25, -0.2) is 24.1 Å². The molecule has 2 N–H and O–H groups in total. The second-order valence-corrected chi connectivity index (χ2v) is 7.72. The molecule has 3 aromatic heterocycles. The lowest BCUT2D eigenvalue weighted by molar-refractivity contribution is 0.303. The van der Waals surface area contributed by atoms with E-state index >= 15 is 0 Å². The van der Waals surface area contributed by atoms with Gasteiger partial charge in [-0.15, -0.1) is 0 Å². The Morgan fingerprint density at radius 1 is 1.43 bits per heavy atom. The number of nitrogens with zero attached hydrogens (tertiary/aromatic N) is 4. The Bertz CT molecular complexity index is 1080. The summed E-state index contributed by atoms with van der Waals surface area (Å²) in [6, 6.07) is 1.71. The van der Waals surface area contributed by atoms with Crippen molar-refractivity contribution in [1.82, 2.24) is 19.9 Å². The summed E-state index contributed by atoms with van der Waals surface area (Å²) in [5.74, 6) is -0.0479. The number of aromatic amines is 1. The van der Waals surface area contributed by atoms with Gasteiger partial charge >= 0.3 is 0 Å². The van der Waals surface area contributed by atoms with E-state index in [9.17, 15) is 9.18 Å². The Morgan fingerprint density at radius 3 is 3.11 bits per heavy atom. The van der Waals surface area contributed by atoms with Crippen LogP contribution in [0.4, 0.5) is 10.2 Å². The van der Waals surface area contributed by atoms with Crippen LogP contribution in [0.5, 0.6) is 0 Å². The van der Waals surface area contributed by atoms with E-state index in [-0.39, 0.29) is 11.9 Å². The number of anilines is 1. The standard InChI is InChI=1S/C19H18ClFN6O/c1-19(25-10-28)4-2-3-12(6-19)26-18-15(21)9-24-17(27-18)14-8-23-16-13(14)5-11(20)7-22-16/h5,7-9,12H,2-4,6H2,1H3,(H,22,23)(H,24,26,27). The zero-order chi connectivity index (χ0) is 19.7. The van der Waals surface area contributed by atoms with Gasteiger partial charge in [-0.2, -0.15) is 4.99 Å². The van der Waals surface area contributed by atoms with Gasteiger partial charge in [-0.05, 0) is 38.7 Å². The molecule has 2 unspecified atom stereocenters. The second-order valence-electron chi connectivity index (χ2n) is 7.28. The molecule has 0 saturated heterocycles. The van der Waals surface area contributed by atoms with Crippen LogP contribution in [0, 0.1) is 5.82 Å². The number of aliphatic imine (C=N–C) groups is 1. The average Bonchev–Trinajstić information content (AvgIpc) is 3.06. The molecule has 0 spiro atoms. The zero-order valence-corrected chi connectivity index (χ0v) is 15.9. The number of carbonyl (C=O) groups excluding carboxylic acids is 1. The van der Waals surface area contributed by atoms with Crippen LogP contribution < -0.4 is 5.32 Å². The van der Waals surface area contributed by atoms with Crippen LogP contribution in [0.25, 0.3) is 22.4 Å². The van der Waals surface area contributed by atoms with E-state index < -0.39 is 11.4 Å². The van der Waals surface area contributed by atoms with Gasteiger partial charge in [0.05, 0.1) is 16.8 Å². The third-order valence-electron chi connectivity index (χ3n) is 5.09. The molecule has 1 aliphatic rings. The van der Waals surface area contributed by atoms with Gasteiger partial charge in [0.15, 0.2) is 17.5 Å². The summed E-state index contributed by atoms with van der Waals surface area (Å²) in [5, 5.41) is 4.41. The second kappa shape index (κ2) is 7.30. The molecule has 0 amide bonds. The fourth-order valence-electron chi connectivity index (χ4n) is 3.75. The highest BCUT2D eigenvalue weighted by atomic mass is 35.5. The highest BCUT2D eigenvalue weighted by Crippen LogP contribution is 2.33. The maximum atomic E-state index is 14.4. The predicted octanol–water partition coefficient (Wildman–Crippen LogP) is 4.26. The number of rotatable bonds is 4. The van der Waals surface area contributed by atoms with Gasteiger partial charge in [-0.3, -0.25) is 0 Å². The zero-order valence-electron chi connectivity index (χ0n) is 15.2. The van der Waals surface area contributed by atoms with Crippen molar-refractivity contribution in [3.63, 3.8) is 0 Å². The van der Waals surface area contributed by atoms with Crippen LogP contribution in [0.3, 0.4) is 0 Å². The number of hydrogen-bond donors (Lipinski definition) is 2. The number of pyridine rings is 1. The SMILES string of the molecule is CC1(N=C=O)CCCC(Nc2nc(-c3c[nH]c4ncc(Cl)cc34)ncc2F)C1. The number of isocyanates is 1. The molecule has 1 aliphatic carbocycles. The lowest BCUT2D eigenvalue weighted by Crippen LogP contribution is -2.37. The van der Waals surface area contributed by atoms with Crippen molar-refractivity contribution in [2.75, 3.05) is 5.32 Å². The summed E-state index contributed by atoms with van der Waals surface area (Å²) < 4.78 is 14.4. The minimum Gasteiger partial charge on any atom is -0.365 e. The molecule has 3 heterocycles. The highest BCUT2D eigenvalue weighted by molar-refractivity contribution is 6.31. The molecule has 0 aliphatic heterocycles. The predicted molar refractivity (Wildman–Crippen MR) is 104 cm³/mol. The van der Waals surface area contributed by atoms with Crippen molar-refractivity contribution >= 4 is 34.5 Å². The molecular weight excluding hydrogens is 383 g/mol. The molecule has 1 saturated carbocycles. The van der Waals surface area contributed by atoms with E-state index in [1.165, 1.54) is 0 Å². The molecule has 4 rings (SSSR count). The van der Waals surface area contributed by atoms with Crippen LogP contribution in [0.1, 0.15) is 32.6 Å². The topological polar surface area (TPSA) is 95.9 Å². The third kappa shape index (κ3) is 3.61. The van der Waals surface area contributed by atoms with Crippen LogP contribution in [0.15, 0.2) is 29.6 Å². The molecule has 0 radical (unpaired) electrons. The van der Waals surface area contributed by atoms with Crippen LogP contribution in [-0.4, -0.2) is 37.6 Å². The van der Waals surface area contributed by atoms with Crippen molar-refractivity contribution in [2.45, 2.75) is 44.2 Å². The van der Waals surface area contributed by atoms with Gasteiger partial charge in [0, 0.05) is 29.4 Å². The molecule has 28 heavy (non-hydrogen) atoms. The van der Waals surface area contributed by atoms with Crippen LogP contribution in [0.2, 0.25) is 5.02 Å². The van der Waals surface area contributed by atoms with Gasteiger partial charge in [0.25, 0.3) is 0 Å². The fourth-order valence-corrected chi connectivity index (χ4v) is 3.91. The highest BCUT2D eigenvalue weighted by Gasteiger charge is 2.32. The maximum Gasteiger partial charge on any atom is 0.235 e. The molecule has 7 nitrogen and oxygen atoms in total. The van der Waals surface area contributed by atoms with Crippen molar-refractivity contribution in [3.05, 3.63) is 35.5 Å². The number of hydrogen-bond acceptors (Lipinski definition) is 6. The van der Waals surface area contributed by atoms with Gasteiger partial charge in [0.1, 0.15) is 5.65 Å². The number of nitrogens with one attached hydrogen (secondary N) is 2. The van der Waals surface area contributed by atoms with E-state index in [1.807, 2.05) is 6.92 Å². The van der Waals surface area contributed by atoms with E-state index in [4.69, 9.17) is 11.6 Å². The first kappa shape index (κ1) is 18.5. The Hall–Kier alpha value is -2.83. The van der Waals surface area contributed by atoms with Gasteiger partial charge < -0.3 is 10.3 Å². The smallest absolute Gasteiger partial charge is 0.235 e. The molecule has 2 atom stereocenters. The van der Waals surface area contributed by atoms with Crippen LogP contribution >= 0.6 is 11.6 Å². The average molecular weight is 401 g/mol. The maximum absolute atomic E-state index is 14.4. The minimum absolute atomic E-state index is 0.0489. The van der Waals surface area contributed by atoms with Crippen LogP contribution in [-0.2, 0) is 4.79 Å². The van der Waals surface area contributed by atoms with Crippen molar-refractivity contribution in [3.8, 4) is 11.4 Å². The van der Waals surface area contributed by atoms with Crippen molar-refractivity contribution < 1.29 is 9.18 Å². The summed E-state index contributed by atoms with van der Waals surface area (Å²) in [4.78, 5) is 30.4. The monoisotopic (exact) mass is 400 g/mol. The normalized spacial score (nSPS) is 22.0. The molecule has 9 heteroatoms. The first-order valence-electron chi connectivity index (χ1n) is 8.98. The lowest BCUT2D eigenvalue weighted by Gasteiger charge is -2.34. The summed E-state index contributed by atoms with van der Waals surface area (Å²) in [6.45, 7) is 1.91. The summed E-state index contributed by atoms with van der Waals surface area (Å²) in [5.41, 5.74) is 0.854.